The molecule has 3 aromatic carbocycles. The van der Waals surface area contributed by atoms with Gasteiger partial charge in [0.05, 0.1) is 5.69 Å². The van der Waals surface area contributed by atoms with Crippen molar-refractivity contribution in [2.45, 2.75) is 58.9 Å². The molecule has 0 saturated heterocycles. The molecule has 0 radical (unpaired) electrons. The van der Waals surface area contributed by atoms with Gasteiger partial charge in [-0.05, 0) is 85.2 Å². The molecule has 0 aromatic heterocycles. The molecule has 3 aromatic rings. The number of hydrogen-bond donors (Lipinski definition) is 3. The molecule has 10 heteroatoms. The number of carbonyl (C=O) groups is 1. The fraction of sp³-hybridized carbons (Fsp3) is 0.367. The first-order valence-electron chi connectivity index (χ1n) is 13.1. The molecule has 0 atom stereocenters. The van der Waals surface area contributed by atoms with Crippen LogP contribution in [0.2, 0.25) is 0 Å². The van der Waals surface area contributed by atoms with Crippen LogP contribution in [0.5, 0.6) is 11.5 Å². The summed E-state index contributed by atoms with van der Waals surface area (Å²) in [5.74, 6) is 0.852. The second-order valence-corrected chi connectivity index (χ2v) is 11.5. The van der Waals surface area contributed by atoms with Gasteiger partial charge in [-0.15, -0.1) is 0 Å². The lowest BCUT2D eigenvalue weighted by molar-refractivity contribution is 0.0515. The van der Waals surface area contributed by atoms with Crippen LogP contribution in [-0.2, 0) is 27.1 Å². The number of hydrogen-bond acceptors (Lipinski definition) is 6. The van der Waals surface area contributed by atoms with Crippen LogP contribution in [0, 0.1) is 13.8 Å². The van der Waals surface area contributed by atoms with Gasteiger partial charge in [-0.2, -0.15) is 0 Å². The fourth-order valence-corrected chi connectivity index (χ4v) is 5.53. The molecular weight excluding hydrogens is 533 g/mol. The van der Waals surface area contributed by atoms with E-state index in [1.54, 1.807) is 32.0 Å². The third kappa shape index (κ3) is 7.86. The largest absolute Gasteiger partial charge is 0.475 e. The Labute approximate surface area is 235 Å². The van der Waals surface area contributed by atoms with Gasteiger partial charge in [-0.25, -0.2) is 4.79 Å². The Kier molecular flexibility index (Phi) is 10.8. The number of carbonyl (C=O) groups excluding carboxylic acids is 1. The number of benzene rings is 3. The van der Waals surface area contributed by atoms with E-state index in [9.17, 15) is 19.1 Å². The smallest absolute Gasteiger partial charge is 0.412 e. The molecule has 3 rings (SSSR count). The Balaban J connectivity index is 1.82. The Morgan fingerprint density at radius 1 is 0.950 bits per heavy atom. The van der Waals surface area contributed by atoms with Gasteiger partial charge < -0.3 is 28.7 Å². The summed E-state index contributed by atoms with van der Waals surface area (Å²) in [7, 11) is -3.00. The van der Waals surface area contributed by atoms with Crippen molar-refractivity contribution < 1.29 is 38.1 Å². The van der Waals surface area contributed by atoms with Gasteiger partial charge in [0.2, 0.25) is 5.34 Å². The van der Waals surface area contributed by atoms with Crippen LogP contribution in [0.3, 0.4) is 0 Å². The van der Waals surface area contributed by atoms with Gasteiger partial charge in [0.25, 0.3) is 0 Å². The molecule has 0 aliphatic carbocycles. The molecule has 0 spiro atoms. The summed E-state index contributed by atoms with van der Waals surface area (Å²) in [6.45, 7) is 7.43. The van der Waals surface area contributed by atoms with Crippen LogP contribution in [0.4, 0.5) is 10.5 Å². The highest BCUT2D eigenvalue weighted by atomic mass is 31.2. The molecule has 0 aliphatic rings. The Hall–Kier alpha value is -3.36. The molecule has 0 bridgehead atoms. The molecule has 0 aliphatic heterocycles. The molecule has 1 amide bonds. The summed E-state index contributed by atoms with van der Waals surface area (Å²) < 4.78 is 34.2. The summed E-state index contributed by atoms with van der Waals surface area (Å²) >= 11 is 0. The van der Waals surface area contributed by atoms with Gasteiger partial charge >= 0.3 is 13.7 Å². The standard InChI is InChI=1S/C30H38NO8P/c1-6-30(7-2,40(33,34)35)39-25-15-21(3)26(22(4)16-25)17-24-13-14-28(38-20-36-5)27(18-24)31-29(32)37-19-23-11-9-8-10-12-23/h8-16,18H,6-7,17,19-20H2,1-5H3,(H,31,32)(H2,33,34,35). The highest BCUT2D eigenvalue weighted by Gasteiger charge is 2.46. The van der Waals surface area contributed by atoms with Crippen LogP contribution >= 0.6 is 7.60 Å². The summed E-state index contributed by atoms with van der Waals surface area (Å²) in [6.07, 6.45) is 0.280. The van der Waals surface area contributed by atoms with E-state index in [4.69, 9.17) is 18.9 Å². The van der Waals surface area contributed by atoms with Crippen molar-refractivity contribution in [2.24, 2.45) is 0 Å². The lowest BCUT2D eigenvalue weighted by Gasteiger charge is -2.33. The maximum absolute atomic E-state index is 12.6. The fourth-order valence-electron chi connectivity index (χ4n) is 4.48. The van der Waals surface area contributed by atoms with Crippen molar-refractivity contribution in [2.75, 3.05) is 19.2 Å². The Morgan fingerprint density at radius 3 is 2.17 bits per heavy atom. The highest BCUT2D eigenvalue weighted by molar-refractivity contribution is 7.53. The predicted octanol–water partition coefficient (Wildman–Crippen LogP) is 6.70. The molecule has 0 saturated carbocycles. The van der Waals surface area contributed by atoms with Crippen molar-refractivity contribution >= 4 is 19.4 Å². The van der Waals surface area contributed by atoms with Crippen molar-refractivity contribution in [1.82, 2.24) is 0 Å². The number of methoxy groups -OCH3 is 1. The monoisotopic (exact) mass is 571 g/mol. The average molecular weight is 572 g/mol. The van der Waals surface area contributed by atoms with Gasteiger partial charge in [0.1, 0.15) is 18.1 Å². The molecular formula is C30H38NO8P. The summed E-state index contributed by atoms with van der Waals surface area (Å²) in [5.41, 5.74) is 5.09. The van der Waals surface area contributed by atoms with Crippen molar-refractivity contribution in [1.29, 1.82) is 0 Å². The zero-order chi connectivity index (χ0) is 29.3. The SMILES string of the molecule is CCC(CC)(Oc1cc(C)c(Cc2ccc(OCOC)c(NC(=O)OCc3ccccc3)c2)c(C)c1)P(=O)(O)O. The Morgan fingerprint density at radius 2 is 1.60 bits per heavy atom. The summed E-state index contributed by atoms with van der Waals surface area (Å²) in [4.78, 5) is 32.5. The summed E-state index contributed by atoms with van der Waals surface area (Å²) in [6, 6.07) is 18.5. The lowest BCUT2D eigenvalue weighted by atomic mass is 9.95. The number of amides is 1. The second-order valence-electron chi connectivity index (χ2n) is 9.58. The number of aryl methyl sites for hydroxylation is 2. The van der Waals surface area contributed by atoms with E-state index in [2.05, 4.69) is 5.32 Å². The minimum Gasteiger partial charge on any atom is -0.475 e. The van der Waals surface area contributed by atoms with Gasteiger partial charge in [0.15, 0.2) is 6.79 Å². The average Bonchev–Trinajstić information content (AvgIpc) is 2.92. The number of anilines is 1. The van der Waals surface area contributed by atoms with Crippen LogP contribution in [0.1, 0.15) is 54.5 Å². The molecule has 3 N–H and O–H groups in total. The first kappa shape index (κ1) is 31.2. The third-order valence-corrected chi connectivity index (χ3v) is 8.61. The maximum Gasteiger partial charge on any atom is 0.412 e. The van der Waals surface area contributed by atoms with Crippen LogP contribution in [-0.4, -0.2) is 35.1 Å². The van der Waals surface area contributed by atoms with Crippen molar-refractivity contribution in [3.8, 4) is 11.5 Å². The normalized spacial score (nSPS) is 11.7. The predicted molar refractivity (Wildman–Crippen MR) is 154 cm³/mol. The van der Waals surface area contributed by atoms with E-state index in [0.29, 0.717) is 23.6 Å². The van der Waals surface area contributed by atoms with Crippen LogP contribution < -0.4 is 14.8 Å². The summed E-state index contributed by atoms with van der Waals surface area (Å²) in [5, 5.41) is 1.20. The quantitative estimate of drug-likeness (QED) is 0.153. The van der Waals surface area contributed by atoms with Crippen LogP contribution in [0.25, 0.3) is 0 Å². The van der Waals surface area contributed by atoms with Gasteiger partial charge in [0, 0.05) is 7.11 Å². The number of rotatable bonds is 13. The minimum atomic E-state index is -4.51. The minimum absolute atomic E-state index is 0.0123. The lowest BCUT2D eigenvalue weighted by Crippen LogP contribution is -2.34. The van der Waals surface area contributed by atoms with E-state index >= 15 is 0 Å². The number of nitrogens with one attached hydrogen (secondary N) is 1. The van der Waals surface area contributed by atoms with Gasteiger partial charge in [-0.1, -0.05) is 50.2 Å². The second kappa shape index (κ2) is 13.8. The Bertz CT molecular complexity index is 1310. The van der Waals surface area contributed by atoms with E-state index in [-0.39, 0.29) is 26.2 Å². The van der Waals surface area contributed by atoms with Crippen molar-refractivity contribution in [3.05, 3.63) is 88.5 Å². The van der Waals surface area contributed by atoms with Gasteiger partial charge in [-0.3, -0.25) is 9.88 Å². The van der Waals surface area contributed by atoms with E-state index < -0.39 is 19.0 Å². The maximum atomic E-state index is 12.6. The first-order valence-corrected chi connectivity index (χ1v) is 14.7. The molecule has 0 heterocycles. The molecule has 216 valence electrons. The first-order chi connectivity index (χ1) is 19.0. The highest BCUT2D eigenvalue weighted by Crippen LogP contribution is 2.55. The van der Waals surface area contributed by atoms with E-state index in [0.717, 1.165) is 27.8 Å². The molecule has 40 heavy (non-hydrogen) atoms. The third-order valence-electron chi connectivity index (χ3n) is 6.82. The molecule has 0 unspecified atom stereocenters. The van der Waals surface area contributed by atoms with E-state index in [1.165, 1.54) is 7.11 Å². The molecule has 9 nitrogen and oxygen atoms in total. The van der Waals surface area contributed by atoms with E-state index in [1.807, 2.05) is 56.3 Å². The molecule has 0 fully saturated rings. The zero-order valence-corrected chi connectivity index (χ0v) is 24.5. The van der Waals surface area contributed by atoms with Crippen molar-refractivity contribution in [3.63, 3.8) is 0 Å². The zero-order valence-electron chi connectivity index (χ0n) is 23.6. The topological polar surface area (TPSA) is 124 Å². The number of ether oxygens (including phenoxy) is 4. The van der Waals surface area contributed by atoms with Crippen LogP contribution in [0.15, 0.2) is 60.7 Å².